The van der Waals surface area contributed by atoms with Gasteiger partial charge in [0.2, 0.25) is 0 Å². The molecular formula is C14H20N4. The van der Waals surface area contributed by atoms with Crippen LogP contribution in [-0.2, 0) is 0 Å². The van der Waals surface area contributed by atoms with Crippen LogP contribution in [0, 0.1) is 11.8 Å². The van der Waals surface area contributed by atoms with Crippen molar-refractivity contribution in [3.05, 3.63) is 24.5 Å². The number of aromatic nitrogens is 3. The normalized spacial score (nSPS) is 28.4. The molecule has 96 valence electrons. The van der Waals surface area contributed by atoms with Crippen LogP contribution in [0.4, 0.5) is 5.82 Å². The SMILES string of the molecule is CC1CCCC(Nc2ccn3nccc3n2)C1C. The van der Waals surface area contributed by atoms with Crippen LogP contribution in [0.25, 0.3) is 5.65 Å². The molecule has 0 aromatic carbocycles. The highest BCUT2D eigenvalue weighted by Gasteiger charge is 2.27. The largest absolute Gasteiger partial charge is 0.367 e. The fourth-order valence-corrected chi connectivity index (χ4v) is 2.87. The molecule has 3 atom stereocenters. The van der Waals surface area contributed by atoms with Gasteiger partial charge in [-0.15, -0.1) is 0 Å². The summed E-state index contributed by atoms with van der Waals surface area (Å²) in [5.41, 5.74) is 0.900. The van der Waals surface area contributed by atoms with Crippen LogP contribution in [0.2, 0.25) is 0 Å². The van der Waals surface area contributed by atoms with Gasteiger partial charge in [-0.05, 0) is 24.3 Å². The second kappa shape index (κ2) is 4.59. The summed E-state index contributed by atoms with van der Waals surface area (Å²) < 4.78 is 1.79. The average molecular weight is 244 g/mol. The number of fused-ring (bicyclic) bond motifs is 1. The number of nitrogens with zero attached hydrogens (tertiary/aromatic N) is 3. The molecule has 0 bridgehead atoms. The first-order valence-corrected chi connectivity index (χ1v) is 6.81. The Morgan fingerprint density at radius 3 is 3.06 bits per heavy atom. The van der Waals surface area contributed by atoms with Gasteiger partial charge in [0.15, 0.2) is 5.65 Å². The Bertz CT molecular complexity index is 533. The molecule has 0 saturated heterocycles. The van der Waals surface area contributed by atoms with Gasteiger partial charge in [0.1, 0.15) is 5.82 Å². The van der Waals surface area contributed by atoms with Crippen molar-refractivity contribution in [2.75, 3.05) is 5.32 Å². The van der Waals surface area contributed by atoms with Gasteiger partial charge in [0.25, 0.3) is 0 Å². The number of anilines is 1. The van der Waals surface area contributed by atoms with E-state index in [0.717, 1.165) is 17.4 Å². The summed E-state index contributed by atoms with van der Waals surface area (Å²) in [6.07, 6.45) is 7.66. The summed E-state index contributed by atoms with van der Waals surface area (Å²) in [5.74, 6) is 2.48. The molecule has 2 aromatic rings. The second-order valence-electron chi connectivity index (χ2n) is 5.46. The molecule has 3 unspecified atom stereocenters. The van der Waals surface area contributed by atoms with E-state index in [9.17, 15) is 0 Å². The van der Waals surface area contributed by atoms with E-state index in [2.05, 4.69) is 29.2 Å². The van der Waals surface area contributed by atoms with Crippen LogP contribution < -0.4 is 5.32 Å². The Morgan fingerprint density at radius 1 is 1.28 bits per heavy atom. The maximum Gasteiger partial charge on any atom is 0.157 e. The van der Waals surface area contributed by atoms with Crippen LogP contribution in [0.1, 0.15) is 33.1 Å². The van der Waals surface area contributed by atoms with E-state index in [1.165, 1.54) is 19.3 Å². The predicted molar refractivity (Wildman–Crippen MR) is 72.6 cm³/mol. The van der Waals surface area contributed by atoms with Crippen molar-refractivity contribution < 1.29 is 0 Å². The molecule has 3 rings (SSSR count). The molecule has 0 spiro atoms. The molecular weight excluding hydrogens is 224 g/mol. The summed E-state index contributed by atoms with van der Waals surface area (Å²) in [4.78, 5) is 4.58. The topological polar surface area (TPSA) is 42.2 Å². The van der Waals surface area contributed by atoms with E-state index < -0.39 is 0 Å². The first-order valence-electron chi connectivity index (χ1n) is 6.81. The van der Waals surface area contributed by atoms with Gasteiger partial charge < -0.3 is 5.32 Å². The van der Waals surface area contributed by atoms with E-state index in [-0.39, 0.29) is 0 Å². The van der Waals surface area contributed by atoms with E-state index in [1.54, 1.807) is 10.7 Å². The maximum atomic E-state index is 4.58. The first kappa shape index (κ1) is 11.5. The fourth-order valence-electron chi connectivity index (χ4n) is 2.87. The Hall–Kier alpha value is -1.58. The third-order valence-corrected chi connectivity index (χ3v) is 4.30. The summed E-state index contributed by atoms with van der Waals surface area (Å²) in [6.45, 7) is 4.70. The number of hydrogen-bond acceptors (Lipinski definition) is 3. The maximum absolute atomic E-state index is 4.58. The standard InChI is InChI=1S/C14H20N4/c1-10-4-3-5-12(11(10)2)16-13-7-9-18-14(17-13)6-8-15-18/h6-12H,3-5H2,1-2H3,(H,16,17). The molecule has 4 heteroatoms. The minimum Gasteiger partial charge on any atom is -0.367 e. The smallest absolute Gasteiger partial charge is 0.157 e. The summed E-state index contributed by atoms with van der Waals surface area (Å²) in [6, 6.07) is 4.48. The van der Waals surface area contributed by atoms with E-state index in [4.69, 9.17) is 0 Å². The second-order valence-corrected chi connectivity index (χ2v) is 5.46. The lowest BCUT2D eigenvalue weighted by atomic mass is 9.78. The molecule has 1 saturated carbocycles. The fraction of sp³-hybridized carbons (Fsp3) is 0.571. The van der Waals surface area contributed by atoms with Gasteiger partial charge in [0, 0.05) is 18.3 Å². The minimum atomic E-state index is 0.548. The molecule has 1 aliphatic carbocycles. The quantitative estimate of drug-likeness (QED) is 0.883. The monoisotopic (exact) mass is 244 g/mol. The summed E-state index contributed by atoms with van der Waals surface area (Å²) >= 11 is 0. The highest BCUT2D eigenvalue weighted by molar-refractivity contribution is 5.46. The molecule has 2 aromatic heterocycles. The summed E-state index contributed by atoms with van der Waals surface area (Å²) in [7, 11) is 0. The molecule has 1 fully saturated rings. The zero-order valence-electron chi connectivity index (χ0n) is 11.0. The van der Waals surface area contributed by atoms with Crippen molar-refractivity contribution in [1.82, 2.24) is 14.6 Å². The molecule has 4 nitrogen and oxygen atoms in total. The molecule has 1 N–H and O–H groups in total. The van der Waals surface area contributed by atoms with Crippen molar-refractivity contribution in [2.45, 2.75) is 39.2 Å². The minimum absolute atomic E-state index is 0.548. The third kappa shape index (κ3) is 2.07. The highest BCUT2D eigenvalue weighted by atomic mass is 15.2. The molecule has 1 aliphatic rings. The first-order chi connectivity index (χ1) is 8.74. The van der Waals surface area contributed by atoms with Gasteiger partial charge in [0.05, 0.1) is 6.20 Å². The van der Waals surface area contributed by atoms with Gasteiger partial charge >= 0.3 is 0 Å². The highest BCUT2D eigenvalue weighted by Crippen LogP contribution is 2.31. The van der Waals surface area contributed by atoms with Crippen LogP contribution in [-0.4, -0.2) is 20.6 Å². The average Bonchev–Trinajstić information content (AvgIpc) is 2.82. The van der Waals surface area contributed by atoms with Gasteiger partial charge in [-0.3, -0.25) is 0 Å². The molecule has 2 heterocycles. The van der Waals surface area contributed by atoms with Crippen LogP contribution in [0.5, 0.6) is 0 Å². The summed E-state index contributed by atoms with van der Waals surface area (Å²) in [5, 5.41) is 7.75. The van der Waals surface area contributed by atoms with Gasteiger partial charge in [-0.2, -0.15) is 5.10 Å². The van der Waals surface area contributed by atoms with Crippen LogP contribution in [0.3, 0.4) is 0 Å². The van der Waals surface area contributed by atoms with Gasteiger partial charge in [-0.25, -0.2) is 9.50 Å². The van der Waals surface area contributed by atoms with E-state index in [0.29, 0.717) is 12.0 Å². The van der Waals surface area contributed by atoms with Crippen LogP contribution in [0.15, 0.2) is 24.5 Å². The number of rotatable bonds is 2. The van der Waals surface area contributed by atoms with Crippen molar-refractivity contribution >= 4 is 11.5 Å². The molecule has 0 aliphatic heterocycles. The third-order valence-electron chi connectivity index (χ3n) is 4.30. The number of nitrogens with one attached hydrogen (secondary N) is 1. The lowest BCUT2D eigenvalue weighted by molar-refractivity contribution is 0.253. The lowest BCUT2D eigenvalue weighted by Crippen LogP contribution is -2.35. The Balaban J connectivity index is 1.78. The van der Waals surface area contributed by atoms with E-state index >= 15 is 0 Å². The van der Waals surface area contributed by atoms with Crippen LogP contribution >= 0.6 is 0 Å². The lowest BCUT2D eigenvalue weighted by Gasteiger charge is -2.34. The predicted octanol–water partition coefficient (Wildman–Crippen LogP) is 2.97. The van der Waals surface area contributed by atoms with Crippen molar-refractivity contribution in [3.63, 3.8) is 0 Å². The molecule has 0 radical (unpaired) electrons. The van der Waals surface area contributed by atoms with Gasteiger partial charge in [-0.1, -0.05) is 26.7 Å². The van der Waals surface area contributed by atoms with Crippen molar-refractivity contribution in [2.24, 2.45) is 11.8 Å². The zero-order valence-corrected chi connectivity index (χ0v) is 11.0. The molecule has 0 amide bonds. The Labute approximate surface area is 107 Å². The number of hydrogen-bond donors (Lipinski definition) is 1. The molecule has 18 heavy (non-hydrogen) atoms. The zero-order chi connectivity index (χ0) is 12.5. The Kier molecular flexibility index (Phi) is 2.94. The van der Waals surface area contributed by atoms with Crippen molar-refractivity contribution in [1.29, 1.82) is 0 Å². The van der Waals surface area contributed by atoms with E-state index in [1.807, 2.05) is 18.3 Å². The Morgan fingerprint density at radius 2 is 2.17 bits per heavy atom. The van der Waals surface area contributed by atoms with Crippen molar-refractivity contribution in [3.8, 4) is 0 Å².